The van der Waals surface area contributed by atoms with E-state index < -0.39 is 128 Å². The summed E-state index contributed by atoms with van der Waals surface area (Å²) in [4.78, 5) is 12.2. The van der Waals surface area contributed by atoms with Gasteiger partial charge in [0.25, 0.3) is 0 Å². The zero-order valence-electron chi connectivity index (χ0n) is 27.7. The molecule has 0 saturated carbocycles. The molecule has 20 nitrogen and oxygen atoms in total. The number of hydrogen-bond acceptors (Lipinski definition) is 20. The first-order valence-electron chi connectivity index (χ1n) is 16.4. The molecule has 1 aliphatic carbocycles. The Morgan fingerprint density at radius 2 is 1.34 bits per heavy atom. The fourth-order valence-corrected chi connectivity index (χ4v) is 6.23. The van der Waals surface area contributed by atoms with Crippen LogP contribution in [-0.2, 0) is 23.7 Å². The van der Waals surface area contributed by atoms with Gasteiger partial charge in [-0.15, -0.1) is 0 Å². The van der Waals surface area contributed by atoms with E-state index in [4.69, 9.17) is 32.8 Å². The van der Waals surface area contributed by atoms with Crippen LogP contribution >= 0.6 is 0 Å². The lowest BCUT2D eigenvalue weighted by atomic mass is 9.96. The summed E-state index contributed by atoms with van der Waals surface area (Å²) in [5.74, 6) is -2.25. The van der Waals surface area contributed by atoms with Crippen LogP contribution in [0.25, 0.3) is 22.6 Å². The van der Waals surface area contributed by atoms with Crippen molar-refractivity contribution in [1.82, 2.24) is 0 Å². The second-order valence-corrected chi connectivity index (χ2v) is 13.0. The predicted octanol–water partition coefficient (Wildman–Crippen LogP) is -3.62. The van der Waals surface area contributed by atoms with Gasteiger partial charge >= 0.3 is 0 Å². The van der Waals surface area contributed by atoms with E-state index in [9.17, 15) is 66.1 Å². The van der Waals surface area contributed by atoms with Gasteiger partial charge in [-0.05, 0) is 31.2 Å². The van der Waals surface area contributed by atoms with Crippen molar-refractivity contribution in [3.8, 4) is 45.6 Å². The number of phenols is 3. The minimum Gasteiger partial charge on any atom is -0.507 e. The van der Waals surface area contributed by atoms with Crippen LogP contribution in [0.3, 0.4) is 0 Å². The van der Waals surface area contributed by atoms with Crippen LogP contribution in [0.2, 0.25) is 0 Å². The van der Waals surface area contributed by atoms with Gasteiger partial charge in [-0.2, -0.15) is 0 Å². The van der Waals surface area contributed by atoms with Crippen LogP contribution in [0.15, 0.2) is 45.6 Å². The molecule has 0 spiro atoms. The van der Waals surface area contributed by atoms with E-state index >= 15 is 0 Å². The van der Waals surface area contributed by atoms with Gasteiger partial charge in [0.05, 0.1) is 24.9 Å². The van der Waals surface area contributed by atoms with Crippen molar-refractivity contribution in [2.45, 2.75) is 99.0 Å². The third kappa shape index (κ3) is 7.65. The van der Waals surface area contributed by atoms with E-state index in [0.29, 0.717) is 0 Å². The first kappa shape index (κ1) is 39.0. The Kier molecular flexibility index (Phi) is 11.5. The second-order valence-electron chi connectivity index (χ2n) is 13.0. The van der Waals surface area contributed by atoms with Crippen LogP contribution in [0.5, 0.6) is 23.0 Å². The van der Waals surface area contributed by atoms with Gasteiger partial charge in [-0.1, -0.05) is 0 Å². The van der Waals surface area contributed by atoms with Crippen LogP contribution < -0.4 is 10.2 Å². The van der Waals surface area contributed by atoms with Gasteiger partial charge in [0.2, 0.25) is 6.29 Å². The normalized spacial score (nSPS) is 37.8. The lowest BCUT2D eigenvalue weighted by molar-refractivity contribution is -0.358. The van der Waals surface area contributed by atoms with Crippen molar-refractivity contribution < 1.29 is 94.1 Å². The van der Waals surface area contributed by atoms with Gasteiger partial charge < -0.3 is 94.1 Å². The molecule has 0 unspecified atom stereocenters. The van der Waals surface area contributed by atoms with Crippen molar-refractivity contribution in [2.75, 3.05) is 13.2 Å². The lowest BCUT2D eigenvalue weighted by Gasteiger charge is -2.46. The summed E-state index contributed by atoms with van der Waals surface area (Å²) < 4.78 is 40.0. The average molecular weight is 757 g/mol. The third-order valence-electron chi connectivity index (χ3n) is 9.30. The number of aliphatic hydroxyl groups is 9. The summed E-state index contributed by atoms with van der Waals surface area (Å²) in [6.07, 6.45) is -25.6. The minimum atomic E-state index is -2.02. The number of aliphatic hydroxyl groups excluding tert-OH is 9. The van der Waals surface area contributed by atoms with E-state index in [2.05, 4.69) is 0 Å². The molecular weight excluding hydrogens is 716 g/mol. The quantitative estimate of drug-likeness (QED) is 0.0938. The Balaban J connectivity index is 1.36. The molecule has 1 aromatic rings. The number of ether oxygens (including phenoxy) is 6. The number of phenolic OH excluding ortho intramolecular Hbond substituents is 3. The lowest BCUT2D eigenvalue weighted by Crippen LogP contribution is -2.65. The molecule has 15 atom stereocenters. The highest BCUT2D eigenvalue weighted by atomic mass is 16.7. The molecule has 292 valence electrons. The fraction of sp³-hybridized carbons (Fsp3) is 0.545. The van der Waals surface area contributed by atoms with E-state index in [0.717, 1.165) is 24.3 Å². The largest absolute Gasteiger partial charge is 0.507 e. The molecule has 0 bridgehead atoms. The molecule has 6 rings (SSSR count). The summed E-state index contributed by atoms with van der Waals surface area (Å²) in [6.45, 7) is -0.0912. The molecular formula is C33H40O20. The van der Waals surface area contributed by atoms with Crippen LogP contribution in [0.1, 0.15) is 6.92 Å². The number of benzene rings is 2. The van der Waals surface area contributed by atoms with Gasteiger partial charge in [-0.3, -0.25) is 4.79 Å². The topological polar surface area (TPSA) is 328 Å². The molecule has 3 fully saturated rings. The first-order valence-corrected chi connectivity index (χ1v) is 16.4. The van der Waals surface area contributed by atoms with Crippen LogP contribution in [-0.4, -0.2) is 167 Å². The van der Waals surface area contributed by atoms with Crippen molar-refractivity contribution in [2.24, 2.45) is 0 Å². The maximum absolute atomic E-state index is 12.2. The number of aromatic hydroxyl groups is 3. The first-order chi connectivity index (χ1) is 25.1. The average Bonchev–Trinajstić information content (AvgIpc) is 3.12. The number of hydrogen-bond donors (Lipinski definition) is 12. The zero-order valence-corrected chi connectivity index (χ0v) is 27.7. The molecule has 4 aliphatic heterocycles. The van der Waals surface area contributed by atoms with Gasteiger partial charge in [0.15, 0.2) is 41.0 Å². The Hall–Kier alpha value is -3.71. The molecule has 0 amide bonds. The number of fused-ring (bicyclic) bond motifs is 1. The van der Waals surface area contributed by atoms with Gasteiger partial charge in [0, 0.05) is 17.7 Å². The highest BCUT2D eigenvalue weighted by Gasteiger charge is 2.52. The van der Waals surface area contributed by atoms with Crippen molar-refractivity contribution in [3.63, 3.8) is 0 Å². The van der Waals surface area contributed by atoms with E-state index in [-0.39, 0.29) is 28.4 Å². The predicted molar refractivity (Wildman–Crippen MR) is 170 cm³/mol. The Morgan fingerprint density at radius 3 is 2.04 bits per heavy atom. The van der Waals surface area contributed by atoms with E-state index in [1.165, 1.54) is 19.1 Å². The smallest absolute Gasteiger partial charge is 0.229 e. The van der Waals surface area contributed by atoms with Crippen LogP contribution in [0, 0.1) is 0 Å². The Morgan fingerprint density at radius 1 is 0.660 bits per heavy atom. The molecule has 12 N–H and O–H groups in total. The summed E-state index contributed by atoms with van der Waals surface area (Å²) in [5.41, 5.74) is -0.610. The van der Waals surface area contributed by atoms with E-state index in [1.54, 1.807) is 0 Å². The standard InChI is InChI=1S/C33H40O20/c1-10-21(39)24(42)26(44)31(48-10)47-9-20-23(41)30(53-32-27(45)25(43)22(40)19(8-34)51-32)28(46)33(52-20)50-18-7-13-15(37)5-12(35)6-17(13)49-29(18)11-2-3-14(36)16(38)4-11/h2-7,10,19-28,30-34,36-46H,8-9H2,1H3/t10-,19+,20+,21-,22+,23+,24+,25-,26+,27+,28+,30-,31+,32-,33+/m0/s1. The molecule has 4 heterocycles. The highest BCUT2D eigenvalue weighted by molar-refractivity contribution is 5.76. The van der Waals surface area contributed by atoms with Crippen molar-refractivity contribution >= 4 is 0 Å². The Bertz CT molecular complexity index is 1750. The molecule has 0 aromatic heterocycles. The SMILES string of the molecule is C[C@@H]1O[C@@H](OC[C@H]2O[C@@H](Oc3cc4c(O)cc(=O)cc-4oc3-c3ccc(O)c(O)c3)[C@H](O)[C@@H](O[C@@H]3O[C@H](CO)[C@@H](O)[C@H](O)[C@H]3O)[C@@H]2O)[C@H](O)[C@H](O)[C@H]1O. The third-order valence-corrected chi connectivity index (χ3v) is 9.30. The van der Waals surface area contributed by atoms with Gasteiger partial charge in [-0.25, -0.2) is 0 Å². The van der Waals surface area contributed by atoms with E-state index in [1.807, 2.05) is 0 Å². The second kappa shape index (κ2) is 15.6. The summed E-state index contributed by atoms with van der Waals surface area (Å²) in [7, 11) is 0. The molecule has 3 saturated heterocycles. The summed E-state index contributed by atoms with van der Waals surface area (Å²) in [5, 5.41) is 125. The highest BCUT2D eigenvalue weighted by Crippen LogP contribution is 2.43. The summed E-state index contributed by atoms with van der Waals surface area (Å²) in [6, 6.07) is 6.66. The maximum atomic E-state index is 12.2. The molecule has 20 heteroatoms. The Labute approximate surface area is 298 Å². The maximum Gasteiger partial charge on any atom is 0.229 e. The number of rotatable bonds is 9. The zero-order chi connectivity index (χ0) is 38.5. The molecule has 0 radical (unpaired) electrons. The monoisotopic (exact) mass is 756 g/mol. The summed E-state index contributed by atoms with van der Waals surface area (Å²) >= 11 is 0. The minimum absolute atomic E-state index is 0.0519. The molecule has 53 heavy (non-hydrogen) atoms. The fourth-order valence-electron chi connectivity index (χ4n) is 6.23. The molecule has 1 aromatic carbocycles. The molecule has 5 aliphatic rings. The van der Waals surface area contributed by atoms with Crippen LogP contribution in [0.4, 0.5) is 0 Å². The van der Waals surface area contributed by atoms with Crippen molar-refractivity contribution in [1.29, 1.82) is 0 Å². The van der Waals surface area contributed by atoms with Crippen molar-refractivity contribution in [3.05, 3.63) is 46.6 Å². The van der Waals surface area contributed by atoms with Gasteiger partial charge in [0.1, 0.15) is 78.7 Å².